The number of halogens is 24. The van der Waals surface area contributed by atoms with Gasteiger partial charge in [-0.2, -0.15) is 132 Å². The summed E-state index contributed by atoms with van der Waals surface area (Å²) in [5.74, 6) is -0.201. The first kappa shape index (κ1) is 64.8. The lowest BCUT2D eigenvalue weighted by Crippen LogP contribution is -2.75. The Kier molecular flexibility index (Phi) is 17.3. The molecule has 454 valence electrons. The number of rotatable bonds is 10. The molecule has 0 amide bonds. The number of carboxylic acid groups (broad SMARTS) is 1. The van der Waals surface area contributed by atoms with Gasteiger partial charge in [0.2, 0.25) is 12.3 Å². The molecule has 0 fully saturated rings. The van der Waals surface area contributed by atoms with E-state index in [1.54, 1.807) is 35.0 Å². The molecule has 0 aliphatic heterocycles. The number of alkyl halides is 24. The van der Waals surface area contributed by atoms with E-state index in [0.717, 1.165) is 10.8 Å². The van der Waals surface area contributed by atoms with Crippen molar-refractivity contribution >= 4 is 50.5 Å². The summed E-state index contributed by atoms with van der Waals surface area (Å²) < 4.78 is 349. The van der Waals surface area contributed by atoms with E-state index >= 15 is 0 Å². The Morgan fingerprint density at radius 2 is 0.686 bits per heavy atom. The Labute approximate surface area is 466 Å². The Balaban J connectivity index is 0.000000302. The number of fused-ring (bicyclic) bond motifs is 1. The Bertz CT molecular complexity index is 3400. The van der Waals surface area contributed by atoms with Crippen LogP contribution in [0, 0.1) is 0 Å². The number of benzene rings is 7. The molecule has 5 nitrogen and oxygen atoms in total. The summed E-state index contributed by atoms with van der Waals surface area (Å²) in [6, 6.07) is 16.2. The molecule has 0 aliphatic rings. The van der Waals surface area contributed by atoms with E-state index < -0.39 is 201 Å². The van der Waals surface area contributed by atoms with Gasteiger partial charge in [0.25, 0.3) is 0 Å². The molecule has 30 heteroatoms. The molecule has 8 aromatic rings. The van der Waals surface area contributed by atoms with E-state index in [0.29, 0.717) is 17.2 Å². The molecule has 0 saturated carbocycles. The molecule has 0 spiro atoms. The number of pyridine rings is 1. The fourth-order valence-corrected chi connectivity index (χ4v) is 9.21. The SMILES string of the molecule is FC(F)(F)c1cc([B-](c2cc(C(F)(F)F)cc(C(F)(F)F)c2)(c2cc(C(F)(F)F)cc(C(F)(F)F)c2)c2cc(C(F)(F)F)cc(C(F)(F)F)c2)cc(C(F)(F)F)c1.O=C(O)c1cccc(Oc2c3ccccc3cc[n+]2CC(=O)c2ccccc2)c1. The number of ether oxygens (including phenoxy) is 1. The maximum Gasteiger partial charge on any atom is 0.416 e. The van der Waals surface area contributed by atoms with Crippen LogP contribution in [0.4, 0.5) is 105 Å². The van der Waals surface area contributed by atoms with Gasteiger partial charge in [0, 0.05) is 11.6 Å². The Morgan fingerprint density at radius 1 is 0.372 bits per heavy atom. The van der Waals surface area contributed by atoms with Crippen LogP contribution < -0.4 is 31.2 Å². The maximum absolute atomic E-state index is 14.2. The number of carbonyl (C=O) groups excluding carboxylic acids is 1. The number of hydrogen-bond acceptors (Lipinski definition) is 3. The number of aromatic nitrogens is 1. The highest BCUT2D eigenvalue weighted by molar-refractivity contribution is 7.20. The quantitative estimate of drug-likeness (QED) is 0.0641. The molecule has 0 unspecified atom stereocenters. The largest absolute Gasteiger partial charge is 0.478 e. The van der Waals surface area contributed by atoms with Crippen molar-refractivity contribution in [3.8, 4) is 11.6 Å². The highest BCUT2D eigenvalue weighted by Crippen LogP contribution is 2.42. The van der Waals surface area contributed by atoms with Crippen LogP contribution in [0.1, 0.15) is 65.2 Å². The lowest BCUT2D eigenvalue weighted by molar-refractivity contribution is -0.685. The van der Waals surface area contributed by atoms with Crippen LogP contribution in [-0.2, 0) is 56.0 Å². The number of carboxylic acids is 1. The van der Waals surface area contributed by atoms with Crippen molar-refractivity contribution in [1.29, 1.82) is 0 Å². The molecule has 0 radical (unpaired) electrons. The first-order valence-electron chi connectivity index (χ1n) is 23.7. The zero-order valence-corrected chi connectivity index (χ0v) is 42.1. The summed E-state index contributed by atoms with van der Waals surface area (Å²) in [6.07, 6.45) is -53.0. The predicted octanol–water partition coefficient (Wildman–Crippen LogP) is 15.7. The number of carbonyl (C=O) groups is 2. The van der Waals surface area contributed by atoms with Crippen LogP contribution >= 0.6 is 0 Å². The third-order valence-corrected chi connectivity index (χ3v) is 13.0. The van der Waals surface area contributed by atoms with Crippen LogP contribution in [0.5, 0.6) is 11.6 Å². The van der Waals surface area contributed by atoms with Gasteiger partial charge in [-0.3, -0.25) is 4.79 Å². The lowest BCUT2D eigenvalue weighted by atomic mass is 9.12. The predicted molar refractivity (Wildman–Crippen MR) is 258 cm³/mol. The second-order valence-electron chi connectivity index (χ2n) is 18.8. The Hall–Kier alpha value is -8.73. The lowest BCUT2D eigenvalue weighted by Gasteiger charge is -2.46. The summed E-state index contributed by atoms with van der Waals surface area (Å²) in [7, 11) is 0. The van der Waals surface area contributed by atoms with Crippen molar-refractivity contribution in [3.63, 3.8) is 0 Å². The molecule has 7 aromatic carbocycles. The van der Waals surface area contributed by atoms with Crippen molar-refractivity contribution in [2.24, 2.45) is 0 Å². The molecular weight excluding hydrogens is 1220 g/mol. The van der Waals surface area contributed by atoms with Gasteiger partial charge in [-0.15, -0.1) is 0 Å². The zero-order valence-electron chi connectivity index (χ0n) is 42.1. The summed E-state index contributed by atoms with van der Waals surface area (Å²) in [6.45, 7) is 0.100. The van der Waals surface area contributed by atoms with Gasteiger partial charge in [0.05, 0.1) is 55.5 Å². The van der Waals surface area contributed by atoms with Crippen LogP contribution in [0.3, 0.4) is 0 Å². The minimum Gasteiger partial charge on any atom is -0.478 e. The fourth-order valence-electron chi connectivity index (χ4n) is 9.21. The summed E-state index contributed by atoms with van der Waals surface area (Å²) >= 11 is 0. The van der Waals surface area contributed by atoms with Crippen molar-refractivity contribution in [2.75, 3.05) is 0 Å². The second-order valence-corrected chi connectivity index (χ2v) is 18.8. The van der Waals surface area contributed by atoms with E-state index in [1.807, 2.05) is 48.5 Å². The highest BCUT2D eigenvalue weighted by atomic mass is 19.4. The third kappa shape index (κ3) is 14.5. The van der Waals surface area contributed by atoms with E-state index in [4.69, 9.17) is 4.74 Å². The van der Waals surface area contributed by atoms with E-state index in [1.165, 1.54) is 12.1 Å². The first-order valence-corrected chi connectivity index (χ1v) is 23.7. The van der Waals surface area contributed by atoms with E-state index in [-0.39, 0.29) is 17.9 Å². The molecule has 86 heavy (non-hydrogen) atoms. The second kappa shape index (κ2) is 22.9. The minimum atomic E-state index is -6.13. The van der Waals surface area contributed by atoms with Crippen molar-refractivity contribution < 1.29 is 129 Å². The Morgan fingerprint density at radius 3 is 1.01 bits per heavy atom. The normalized spacial score (nSPS) is 13.1. The molecule has 0 saturated heterocycles. The van der Waals surface area contributed by atoms with Gasteiger partial charge in [-0.05, 0) is 53.9 Å². The maximum atomic E-state index is 14.2. The first-order chi connectivity index (χ1) is 39.4. The van der Waals surface area contributed by atoms with Gasteiger partial charge in [-0.25, -0.2) is 4.79 Å². The summed E-state index contributed by atoms with van der Waals surface area (Å²) in [4.78, 5) is 24.0. The van der Waals surface area contributed by atoms with Gasteiger partial charge in [0.15, 0.2) is 6.20 Å². The number of Topliss-reactive ketones (excluding diaryl/α,β-unsaturated/α-hetero) is 1. The molecule has 1 aromatic heterocycles. The number of nitrogens with zero attached hydrogens (tertiary/aromatic N) is 1. The molecule has 0 bridgehead atoms. The smallest absolute Gasteiger partial charge is 0.416 e. The van der Waals surface area contributed by atoms with Crippen LogP contribution in [0.15, 0.2) is 164 Å². The molecule has 0 atom stereocenters. The summed E-state index contributed by atoms with van der Waals surface area (Å²) in [5.41, 5.74) is -29.5. The summed E-state index contributed by atoms with van der Waals surface area (Å²) in [5, 5.41) is 11.0. The van der Waals surface area contributed by atoms with Crippen molar-refractivity contribution in [2.45, 2.75) is 56.0 Å². The van der Waals surface area contributed by atoms with Gasteiger partial charge >= 0.3 is 61.3 Å². The number of hydrogen-bond donors (Lipinski definition) is 1. The average molecular weight is 1250 g/mol. The van der Waals surface area contributed by atoms with Gasteiger partial charge in [0.1, 0.15) is 11.9 Å². The monoisotopic (exact) mass is 1250 g/mol. The van der Waals surface area contributed by atoms with Crippen LogP contribution in [0.2, 0.25) is 0 Å². The molecular formula is C56H30BF24NO4. The fraction of sp³-hybridized carbons (Fsp3) is 0.161. The van der Waals surface area contributed by atoms with Crippen molar-refractivity contribution in [3.05, 3.63) is 220 Å². The van der Waals surface area contributed by atoms with Crippen LogP contribution in [-0.4, -0.2) is 23.0 Å². The van der Waals surface area contributed by atoms with Gasteiger partial charge < -0.3 is 9.84 Å². The van der Waals surface area contributed by atoms with E-state index in [2.05, 4.69) is 0 Å². The minimum absolute atomic E-state index is 0.0463. The number of ketones is 1. The van der Waals surface area contributed by atoms with E-state index in [9.17, 15) is 120 Å². The molecule has 1 heterocycles. The molecule has 0 aliphatic carbocycles. The van der Waals surface area contributed by atoms with Crippen LogP contribution in [0.25, 0.3) is 10.8 Å². The van der Waals surface area contributed by atoms with Gasteiger partial charge in [-0.1, -0.05) is 103 Å². The molecule has 8 rings (SSSR count). The zero-order chi connectivity index (χ0) is 64.1. The third-order valence-electron chi connectivity index (χ3n) is 13.0. The molecule has 1 N–H and O–H groups in total. The van der Waals surface area contributed by atoms with Crippen molar-refractivity contribution in [1.82, 2.24) is 0 Å². The average Bonchev–Trinajstić information content (AvgIpc) is 0.819. The number of aromatic carboxylic acids is 1. The standard InChI is InChI=1S/C32H12BF24.C24H17NO4/c34-25(35,36)13-1-14(26(37,38)39)6-21(5-13)33(22-7-15(27(40,41)42)2-16(8-22)28(43,44)45,23-9-17(29(46,47)48)3-18(10-23)30(49,50)51)24-11-19(31(52,53)54)4-20(12-24)32(55,56)57;26-22(18-8-2-1-3-9-18)16-25-14-13-17-7-4-5-12-21(17)23(25)29-20-11-6-10-19(15-20)24(27)28/h1-12H;1-15H,16H2/q-1;/p+1. The topological polar surface area (TPSA) is 67.5 Å². The highest BCUT2D eigenvalue weighted by Gasteiger charge is 2.47.